The number of urea groups is 1. The van der Waals surface area contributed by atoms with Gasteiger partial charge in [-0.05, 0) is 49.7 Å². The lowest BCUT2D eigenvalue weighted by atomic mass is 9.94. The number of hydrogen-bond donors (Lipinski definition) is 2. The Kier molecular flexibility index (Phi) is 7.95. The van der Waals surface area contributed by atoms with Crippen molar-refractivity contribution < 1.29 is 18.3 Å². The van der Waals surface area contributed by atoms with Gasteiger partial charge in [0.15, 0.2) is 11.6 Å². The Morgan fingerprint density at radius 3 is 2.50 bits per heavy atom. The number of aryl methyl sites for hydroxylation is 2. The number of carbonyl (C=O) groups is 1. The topological polar surface area (TPSA) is 89.2 Å². The van der Waals surface area contributed by atoms with Crippen LogP contribution in [0, 0.1) is 25.5 Å². The average molecular weight is 550 g/mol. The van der Waals surface area contributed by atoms with E-state index < -0.39 is 17.7 Å². The van der Waals surface area contributed by atoms with Gasteiger partial charge >= 0.3 is 6.03 Å². The largest absolute Gasteiger partial charge is 0.383 e. The molecular weight excluding hydrogens is 516 g/mol. The van der Waals surface area contributed by atoms with Crippen molar-refractivity contribution in [1.82, 2.24) is 29.8 Å². The molecule has 40 heavy (non-hydrogen) atoms. The highest BCUT2D eigenvalue weighted by molar-refractivity contribution is 5.91. The second-order valence-electron chi connectivity index (χ2n) is 10.1. The van der Waals surface area contributed by atoms with Gasteiger partial charge in [-0.25, -0.2) is 18.3 Å². The fraction of sp³-hybridized carbons (Fsp3) is 0.345. The van der Waals surface area contributed by atoms with E-state index in [1.54, 1.807) is 22.5 Å². The summed E-state index contributed by atoms with van der Waals surface area (Å²) in [6, 6.07) is 14.6. The van der Waals surface area contributed by atoms with Crippen molar-refractivity contribution in [3.63, 3.8) is 0 Å². The molecule has 1 aliphatic rings. The van der Waals surface area contributed by atoms with Crippen LogP contribution >= 0.6 is 0 Å². The number of aromatic nitrogens is 4. The van der Waals surface area contributed by atoms with Gasteiger partial charge in [-0.1, -0.05) is 24.3 Å². The molecule has 210 valence electrons. The van der Waals surface area contributed by atoms with Crippen LogP contribution in [0.15, 0.2) is 54.6 Å². The Hall–Kier alpha value is -4.09. The van der Waals surface area contributed by atoms with Crippen molar-refractivity contribution in [2.45, 2.75) is 25.8 Å². The first-order valence-electron chi connectivity index (χ1n) is 13.1. The minimum absolute atomic E-state index is 0.232. The number of likely N-dealkylation sites (tertiary alicyclic amines) is 1. The van der Waals surface area contributed by atoms with Gasteiger partial charge < -0.3 is 10.1 Å². The first-order valence-corrected chi connectivity index (χ1v) is 13.1. The van der Waals surface area contributed by atoms with Gasteiger partial charge in [0, 0.05) is 51.0 Å². The number of rotatable bonds is 8. The molecule has 0 unspecified atom stereocenters. The maximum absolute atomic E-state index is 14.1. The highest BCUT2D eigenvalue weighted by atomic mass is 19.2. The SMILES string of the molecule is COCCN1C[C@@H](NC(=O)Nc2c(C)c(-c3cc(C)n(C)n3)nn2-c2ccccc2)[C@H](c2ccc(F)c(F)c2)C1. The van der Waals surface area contributed by atoms with Crippen LogP contribution in [0.5, 0.6) is 0 Å². The summed E-state index contributed by atoms with van der Waals surface area (Å²) in [5, 5.41) is 15.5. The third-order valence-electron chi connectivity index (χ3n) is 7.41. The molecule has 9 nitrogen and oxygen atoms in total. The van der Waals surface area contributed by atoms with Crippen LogP contribution in [0.25, 0.3) is 17.1 Å². The first kappa shape index (κ1) is 27.5. The first-order chi connectivity index (χ1) is 19.2. The summed E-state index contributed by atoms with van der Waals surface area (Å²) in [6.07, 6.45) is 0. The third kappa shape index (κ3) is 5.61. The minimum atomic E-state index is -0.907. The zero-order valence-electron chi connectivity index (χ0n) is 23.0. The van der Waals surface area contributed by atoms with Gasteiger partial charge in [0.25, 0.3) is 0 Å². The molecule has 2 aromatic carbocycles. The molecule has 1 aliphatic heterocycles. The number of carbonyl (C=O) groups excluding carboxylic acids is 1. The van der Waals surface area contributed by atoms with Gasteiger partial charge in [-0.15, -0.1) is 0 Å². The molecule has 3 heterocycles. The van der Waals surface area contributed by atoms with Crippen LogP contribution in [0.2, 0.25) is 0 Å². The van der Waals surface area contributed by atoms with Crippen molar-refractivity contribution in [3.8, 4) is 17.1 Å². The van der Waals surface area contributed by atoms with E-state index in [0.29, 0.717) is 49.0 Å². The fourth-order valence-electron chi connectivity index (χ4n) is 5.15. The molecule has 1 saturated heterocycles. The summed E-state index contributed by atoms with van der Waals surface area (Å²) >= 11 is 0. The van der Waals surface area contributed by atoms with E-state index >= 15 is 0 Å². The lowest BCUT2D eigenvalue weighted by Gasteiger charge is -2.21. The van der Waals surface area contributed by atoms with Gasteiger partial charge in [0.2, 0.25) is 0 Å². The Morgan fingerprint density at radius 2 is 1.82 bits per heavy atom. The van der Waals surface area contributed by atoms with Crippen LogP contribution in [-0.2, 0) is 11.8 Å². The number of halogens is 2. The smallest absolute Gasteiger partial charge is 0.320 e. The summed E-state index contributed by atoms with van der Waals surface area (Å²) in [6.45, 7) is 6.15. The van der Waals surface area contributed by atoms with Crippen molar-refractivity contribution in [3.05, 3.63) is 83.1 Å². The molecule has 11 heteroatoms. The lowest BCUT2D eigenvalue weighted by Crippen LogP contribution is -2.42. The zero-order chi connectivity index (χ0) is 28.4. The molecule has 2 atom stereocenters. The van der Waals surface area contributed by atoms with E-state index in [4.69, 9.17) is 9.84 Å². The van der Waals surface area contributed by atoms with Crippen LogP contribution in [0.4, 0.5) is 19.4 Å². The summed E-state index contributed by atoms with van der Waals surface area (Å²) in [7, 11) is 3.50. The lowest BCUT2D eigenvalue weighted by molar-refractivity contribution is 0.159. The summed E-state index contributed by atoms with van der Waals surface area (Å²) in [4.78, 5) is 15.6. The predicted molar refractivity (Wildman–Crippen MR) is 149 cm³/mol. The van der Waals surface area contributed by atoms with Gasteiger partial charge in [-0.3, -0.25) is 14.9 Å². The van der Waals surface area contributed by atoms with Crippen LogP contribution in [0.1, 0.15) is 22.7 Å². The highest BCUT2D eigenvalue weighted by Gasteiger charge is 2.35. The third-order valence-corrected chi connectivity index (χ3v) is 7.41. The highest BCUT2D eigenvalue weighted by Crippen LogP contribution is 2.31. The fourth-order valence-corrected chi connectivity index (χ4v) is 5.15. The standard InChI is InChI=1S/C29H33F2N7O2/c1-18-14-25(34-36(18)3)27-19(2)28(38(35-27)21-8-6-5-7-9-21)33-29(39)32-26-17-37(12-13-40-4)16-22(26)20-10-11-23(30)24(31)15-20/h5-11,14-15,22,26H,12-13,16-17H2,1-4H3,(H2,32,33,39)/t22-,26+/m0/s1. The molecule has 0 saturated carbocycles. The molecule has 5 rings (SSSR count). The molecule has 0 radical (unpaired) electrons. The Bertz CT molecular complexity index is 1480. The molecule has 1 fully saturated rings. The predicted octanol–water partition coefficient (Wildman–Crippen LogP) is 4.40. The van der Waals surface area contributed by atoms with E-state index in [2.05, 4.69) is 20.6 Å². The molecule has 0 spiro atoms. The van der Waals surface area contributed by atoms with E-state index in [-0.39, 0.29) is 12.0 Å². The molecule has 0 aliphatic carbocycles. The number of hydrogen-bond acceptors (Lipinski definition) is 5. The number of nitrogens with one attached hydrogen (secondary N) is 2. The number of ether oxygens (including phenoxy) is 1. The van der Waals surface area contributed by atoms with E-state index in [1.807, 2.05) is 57.3 Å². The normalized spacial score (nSPS) is 17.4. The summed E-state index contributed by atoms with van der Waals surface area (Å²) in [5.74, 6) is -1.52. The van der Waals surface area contributed by atoms with Gasteiger partial charge in [-0.2, -0.15) is 10.2 Å². The van der Waals surface area contributed by atoms with E-state index in [1.165, 1.54) is 6.07 Å². The van der Waals surface area contributed by atoms with Crippen molar-refractivity contribution in [2.75, 3.05) is 38.7 Å². The second-order valence-corrected chi connectivity index (χ2v) is 10.1. The molecule has 0 bridgehead atoms. The maximum Gasteiger partial charge on any atom is 0.320 e. The number of anilines is 1. The number of amides is 2. The van der Waals surface area contributed by atoms with Crippen molar-refractivity contribution in [2.24, 2.45) is 7.05 Å². The number of nitrogens with zero attached hydrogens (tertiary/aromatic N) is 5. The maximum atomic E-state index is 14.1. The monoisotopic (exact) mass is 549 g/mol. The minimum Gasteiger partial charge on any atom is -0.383 e. The number of methoxy groups -OCH3 is 1. The van der Waals surface area contributed by atoms with E-state index in [0.717, 1.165) is 23.0 Å². The van der Waals surface area contributed by atoms with E-state index in [9.17, 15) is 13.6 Å². The molecule has 4 aromatic rings. The average Bonchev–Trinajstić information content (AvgIpc) is 3.60. The van der Waals surface area contributed by atoms with Gasteiger partial charge in [0.1, 0.15) is 17.2 Å². The second kappa shape index (κ2) is 11.6. The quantitative estimate of drug-likeness (QED) is 0.340. The van der Waals surface area contributed by atoms with Gasteiger partial charge in [0.05, 0.1) is 18.3 Å². The van der Waals surface area contributed by atoms with Crippen molar-refractivity contribution in [1.29, 1.82) is 0 Å². The Morgan fingerprint density at radius 1 is 1.05 bits per heavy atom. The molecule has 2 N–H and O–H groups in total. The Labute approximate surface area is 231 Å². The van der Waals surface area contributed by atoms with Crippen molar-refractivity contribution >= 4 is 11.8 Å². The molecular formula is C29H33F2N7O2. The number of benzene rings is 2. The van der Waals surface area contributed by atoms with Crippen LogP contribution in [0.3, 0.4) is 0 Å². The molecule has 2 aromatic heterocycles. The summed E-state index contributed by atoms with van der Waals surface area (Å²) in [5.41, 5.74) is 4.53. The van der Waals surface area contributed by atoms with Crippen LogP contribution in [-0.4, -0.2) is 69.9 Å². The number of para-hydroxylation sites is 1. The zero-order valence-corrected chi connectivity index (χ0v) is 23.0. The Balaban J connectivity index is 1.43. The molecule has 2 amide bonds. The van der Waals surface area contributed by atoms with Crippen LogP contribution < -0.4 is 10.6 Å². The summed E-state index contributed by atoms with van der Waals surface area (Å²) < 4.78 is 36.5.